The molecule has 1 fully saturated rings. The first-order valence-corrected chi connectivity index (χ1v) is 9.58. The van der Waals surface area contributed by atoms with Gasteiger partial charge in [0.25, 0.3) is 17.7 Å². The Morgan fingerprint density at radius 2 is 1.59 bits per heavy atom. The molecule has 0 radical (unpaired) electrons. The predicted molar refractivity (Wildman–Crippen MR) is 103 cm³/mol. The zero-order valence-corrected chi connectivity index (χ0v) is 16.1. The molecule has 7 nitrogen and oxygen atoms in total. The number of amides is 3. The van der Waals surface area contributed by atoms with Crippen molar-refractivity contribution in [2.24, 2.45) is 5.92 Å². The minimum Gasteiger partial charge on any atom is -0.338 e. The molecule has 2 aromatic rings. The van der Waals surface area contributed by atoms with Crippen LogP contribution in [-0.2, 0) is 9.63 Å². The summed E-state index contributed by atoms with van der Waals surface area (Å²) in [6.45, 7) is 0.668. The number of likely N-dealkylation sites (tertiary alicyclic amines) is 1. The molecule has 8 heteroatoms. The average molecular weight is 413 g/mol. The third-order valence-corrected chi connectivity index (χ3v) is 5.32. The summed E-state index contributed by atoms with van der Waals surface area (Å²) >= 11 is 5.86. The lowest BCUT2D eigenvalue weighted by Gasteiger charge is -2.32. The van der Waals surface area contributed by atoms with Gasteiger partial charge in [-0.15, -0.1) is 0 Å². The number of benzene rings is 2. The summed E-state index contributed by atoms with van der Waals surface area (Å²) in [6.07, 6.45) is 1.12. The molecule has 2 aliphatic heterocycles. The van der Waals surface area contributed by atoms with E-state index in [1.54, 1.807) is 41.3 Å². The van der Waals surface area contributed by atoms with Crippen molar-refractivity contribution in [1.82, 2.24) is 9.96 Å². The zero-order chi connectivity index (χ0) is 20.5. The molecule has 1 saturated heterocycles. The van der Waals surface area contributed by atoms with Crippen LogP contribution in [0.15, 0.2) is 48.5 Å². The van der Waals surface area contributed by atoms with E-state index < -0.39 is 23.7 Å². The molecule has 0 saturated carbocycles. The van der Waals surface area contributed by atoms with Crippen LogP contribution in [0.4, 0.5) is 0 Å². The van der Waals surface area contributed by atoms with Crippen molar-refractivity contribution in [3.63, 3.8) is 0 Å². The van der Waals surface area contributed by atoms with Gasteiger partial charge >= 0.3 is 5.97 Å². The molecule has 0 N–H and O–H groups in total. The van der Waals surface area contributed by atoms with Gasteiger partial charge in [-0.3, -0.25) is 14.4 Å². The summed E-state index contributed by atoms with van der Waals surface area (Å²) in [4.78, 5) is 56.8. The quantitative estimate of drug-likeness (QED) is 0.724. The van der Waals surface area contributed by atoms with Crippen molar-refractivity contribution < 1.29 is 24.0 Å². The topological polar surface area (TPSA) is 84.0 Å². The molecule has 1 atom stereocenters. The fourth-order valence-corrected chi connectivity index (χ4v) is 3.67. The van der Waals surface area contributed by atoms with Gasteiger partial charge in [0.15, 0.2) is 0 Å². The zero-order valence-electron chi connectivity index (χ0n) is 15.3. The molecule has 3 amide bonds. The largest absolute Gasteiger partial charge is 0.338 e. The van der Waals surface area contributed by atoms with Crippen LogP contribution in [0.5, 0.6) is 0 Å². The Morgan fingerprint density at radius 1 is 0.966 bits per heavy atom. The third-order valence-electron chi connectivity index (χ3n) is 5.07. The molecular formula is C21H17ClN2O5. The summed E-state index contributed by atoms with van der Waals surface area (Å²) in [6, 6.07) is 12.8. The van der Waals surface area contributed by atoms with E-state index in [2.05, 4.69) is 0 Å². The van der Waals surface area contributed by atoms with E-state index in [-0.39, 0.29) is 23.6 Å². The number of hydroxylamine groups is 2. The monoisotopic (exact) mass is 412 g/mol. The smallest absolute Gasteiger partial charge is 0.338 e. The first kappa shape index (κ1) is 19.1. The maximum atomic E-state index is 12.7. The number of imide groups is 1. The minimum atomic E-state index is -0.701. The van der Waals surface area contributed by atoms with Crippen LogP contribution >= 0.6 is 11.6 Å². The first-order chi connectivity index (χ1) is 14.0. The second kappa shape index (κ2) is 7.67. The Hall–Kier alpha value is -3.19. The Bertz CT molecular complexity index is 969. The van der Waals surface area contributed by atoms with E-state index in [4.69, 9.17) is 16.4 Å². The predicted octanol–water partition coefficient (Wildman–Crippen LogP) is 2.95. The van der Waals surface area contributed by atoms with E-state index in [0.29, 0.717) is 35.0 Å². The molecule has 2 heterocycles. The second-order valence-electron chi connectivity index (χ2n) is 6.96. The number of carbonyl (C=O) groups is 4. The molecule has 4 rings (SSSR count). The fraction of sp³-hybridized carbons (Fsp3) is 0.238. The summed E-state index contributed by atoms with van der Waals surface area (Å²) in [5.41, 5.74) is 0.880. The number of nitrogens with zero attached hydrogens (tertiary/aromatic N) is 2. The maximum Gasteiger partial charge on any atom is 0.338 e. The van der Waals surface area contributed by atoms with Crippen LogP contribution in [0.3, 0.4) is 0 Å². The van der Waals surface area contributed by atoms with E-state index in [9.17, 15) is 19.2 Å². The molecule has 0 bridgehead atoms. The fourth-order valence-electron chi connectivity index (χ4n) is 3.54. The average Bonchev–Trinajstić information content (AvgIpc) is 2.99. The van der Waals surface area contributed by atoms with E-state index in [1.807, 2.05) is 0 Å². The highest BCUT2D eigenvalue weighted by molar-refractivity contribution is 6.30. The molecule has 2 aliphatic rings. The normalized spacial score (nSPS) is 18.6. The van der Waals surface area contributed by atoms with Crippen molar-refractivity contribution in [2.45, 2.75) is 12.8 Å². The van der Waals surface area contributed by atoms with E-state index in [1.165, 1.54) is 12.1 Å². The SMILES string of the molecule is O=C(ON1C(=O)c2ccccc2C1=O)C1CCCN(C(=O)c2ccc(Cl)cc2)C1. The van der Waals surface area contributed by atoms with Gasteiger partial charge in [0.2, 0.25) is 0 Å². The number of rotatable bonds is 3. The van der Waals surface area contributed by atoms with Crippen LogP contribution in [0, 0.1) is 5.92 Å². The highest BCUT2D eigenvalue weighted by Crippen LogP contribution is 2.25. The van der Waals surface area contributed by atoms with Gasteiger partial charge in [-0.25, -0.2) is 4.79 Å². The maximum absolute atomic E-state index is 12.7. The van der Waals surface area contributed by atoms with Crippen LogP contribution in [0.1, 0.15) is 43.9 Å². The molecule has 0 aliphatic carbocycles. The van der Waals surface area contributed by atoms with Gasteiger partial charge < -0.3 is 9.74 Å². The van der Waals surface area contributed by atoms with Crippen LogP contribution in [0.25, 0.3) is 0 Å². The number of fused-ring (bicyclic) bond motifs is 1. The van der Waals surface area contributed by atoms with Gasteiger partial charge in [0.05, 0.1) is 17.0 Å². The van der Waals surface area contributed by atoms with Crippen molar-refractivity contribution >= 4 is 35.3 Å². The molecule has 0 spiro atoms. The highest BCUT2D eigenvalue weighted by Gasteiger charge is 2.40. The number of hydrogen-bond acceptors (Lipinski definition) is 5. The van der Waals surface area contributed by atoms with Gasteiger partial charge in [0, 0.05) is 23.7 Å². The number of piperidine rings is 1. The summed E-state index contributed by atoms with van der Waals surface area (Å²) < 4.78 is 0. The minimum absolute atomic E-state index is 0.156. The number of hydrogen-bond donors (Lipinski definition) is 0. The molecule has 29 heavy (non-hydrogen) atoms. The summed E-state index contributed by atoms with van der Waals surface area (Å²) in [7, 11) is 0. The summed E-state index contributed by atoms with van der Waals surface area (Å²) in [5.74, 6) is -2.86. The molecule has 1 unspecified atom stereocenters. The van der Waals surface area contributed by atoms with Crippen molar-refractivity contribution in [2.75, 3.05) is 13.1 Å². The molecule has 2 aromatic carbocycles. The lowest BCUT2D eigenvalue weighted by Crippen LogP contribution is -2.44. The highest BCUT2D eigenvalue weighted by atomic mass is 35.5. The second-order valence-corrected chi connectivity index (χ2v) is 7.39. The molecule has 148 valence electrons. The van der Waals surface area contributed by atoms with Crippen LogP contribution < -0.4 is 0 Å². The third kappa shape index (κ3) is 3.61. The van der Waals surface area contributed by atoms with Crippen molar-refractivity contribution in [3.8, 4) is 0 Å². The van der Waals surface area contributed by atoms with E-state index >= 15 is 0 Å². The van der Waals surface area contributed by atoms with Gasteiger partial charge in [0.1, 0.15) is 0 Å². The van der Waals surface area contributed by atoms with Crippen LogP contribution in [-0.4, -0.2) is 46.7 Å². The Labute approximate surface area is 171 Å². The lowest BCUT2D eigenvalue weighted by molar-refractivity contribution is -0.175. The molecular weight excluding hydrogens is 396 g/mol. The van der Waals surface area contributed by atoms with Gasteiger partial charge in [-0.05, 0) is 49.2 Å². The van der Waals surface area contributed by atoms with E-state index in [0.717, 1.165) is 0 Å². The summed E-state index contributed by atoms with van der Waals surface area (Å²) in [5, 5.41) is 1.04. The standard InChI is InChI=1S/C21H17ClN2O5/c22-15-9-7-13(8-10-15)18(25)23-11-3-4-14(12-23)21(28)29-24-19(26)16-5-1-2-6-17(16)20(24)27/h1-2,5-10,14H,3-4,11-12H2. The Morgan fingerprint density at radius 3 is 2.21 bits per heavy atom. The molecule has 0 aromatic heterocycles. The first-order valence-electron chi connectivity index (χ1n) is 9.20. The van der Waals surface area contributed by atoms with Crippen molar-refractivity contribution in [3.05, 3.63) is 70.2 Å². The number of carbonyl (C=O) groups excluding carboxylic acids is 4. The van der Waals surface area contributed by atoms with Crippen LogP contribution in [0.2, 0.25) is 5.02 Å². The van der Waals surface area contributed by atoms with Gasteiger partial charge in [-0.1, -0.05) is 28.8 Å². The Kier molecular flexibility index (Phi) is 5.07. The number of halogens is 1. The Balaban J connectivity index is 1.43. The van der Waals surface area contributed by atoms with Gasteiger partial charge in [-0.2, -0.15) is 0 Å². The lowest BCUT2D eigenvalue weighted by atomic mass is 9.97. The van der Waals surface area contributed by atoms with Crippen molar-refractivity contribution in [1.29, 1.82) is 0 Å².